The predicted octanol–water partition coefficient (Wildman–Crippen LogP) is -1.01. The molecule has 17 heavy (non-hydrogen) atoms. The molecule has 0 bridgehead atoms. The van der Waals surface area contributed by atoms with Crippen molar-refractivity contribution in [2.75, 3.05) is 13.2 Å². The highest BCUT2D eigenvalue weighted by Crippen LogP contribution is 1.95. The Hall–Kier alpha value is -1.40. The summed E-state index contributed by atoms with van der Waals surface area (Å²) in [5.41, 5.74) is 4.71. The molecule has 1 unspecified atom stereocenters. The number of hydrogen-bond donors (Lipinski definition) is 2. The monoisotopic (exact) mass is 241 g/mol. The second kappa shape index (κ2) is 6.36. The first kappa shape index (κ1) is 13.7. The number of aromatic nitrogens is 2. The molecule has 1 rings (SSSR count). The Labute approximate surface area is 99.3 Å². The first-order valence-electron chi connectivity index (χ1n) is 5.71. The van der Waals surface area contributed by atoms with Gasteiger partial charge in [0.25, 0.3) is 5.56 Å². The fourth-order valence-corrected chi connectivity index (χ4v) is 1.54. The van der Waals surface area contributed by atoms with Crippen molar-refractivity contribution in [1.82, 2.24) is 9.13 Å². The molecule has 0 aliphatic carbocycles. The molecule has 0 fully saturated rings. The molecule has 1 heterocycles. The standard InChI is InChI=1S/C11H19N3O3/c1-9(8-15)7-13-6-3-10(16)14(11(13)17)5-2-4-12/h3,6,9,15H,2,4-5,7-8,12H2,1H3. The van der Waals surface area contributed by atoms with E-state index in [4.69, 9.17) is 10.8 Å². The van der Waals surface area contributed by atoms with E-state index >= 15 is 0 Å². The van der Waals surface area contributed by atoms with Crippen LogP contribution in [0.5, 0.6) is 0 Å². The molecule has 0 saturated heterocycles. The van der Waals surface area contributed by atoms with Crippen molar-refractivity contribution in [3.05, 3.63) is 33.1 Å². The maximum absolute atomic E-state index is 12.0. The molecule has 1 atom stereocenters. The molecule has 1 aromatic rings. The minimum absolute atomic E-state index is 0.00830. The summed E-state index contributed by atoms with van der Waals surface area (Å²) >= 11 is 0. The van der Waals surface area contributed by atoms with Gasteiger partial charge in [-0.15, -0.1) is 0 Å². The smallest absolute Gasteiger partial charge is 0.330 e. The minimum atomic E-state index is -0.341. The van der Waals surface area contributed by atoms with Crippen molar-refractivity contribution in [3.8, 4) is 0 Å². The summed E-state index contributed by atoms with van der Waals surface area (Å²) in [6.07, 6.45) is 2.06. The van der Waals surface area contributed by atoms with Crippen LogP contribution in [0.25, 0.3) is 0 Å². The summed E-state index contributed by atoms with van der Waals surface area (Å²) in [4.78, 5) is 23.5. The molecule has 1 aromatic heterocycles. The van der Waals surface area contributed by atoms with Gasteiger partial charge in [0, 0.05) is 32.0 Å². The SMILES string of the molecule is CC(CO)Cn1ccc(=O)n(CCCN)c1=O. The molecule has 0 saturated carbocycles. The summed E-state index contributed by atoms with van der Waals surface area (Å²) in [5, 5.41) is 8.95. The molecule has 6 heteroatoms. The van der Waals surface area contributed by atoms with Gasteiger partial charge in [0.05, 0.1) is 0 Å². The van der Waals surface area contributed by atoms with E-state index in [-0.39, 0.29) is 23.8 Å². The lowest BCUT2D eigenvalue weighted by Crippen LogP contribution is -2.40. The number of nitrogens with zero attached hydrogens (tertiary/aromatic N) is 2. The Balaban J connectivity index is 3.02. The summed E-state index contributed by atoms with van der Waals surface area (Å²) in [6, 6.07) is 1.36. The lowest BCUT2D eigenvalue weighted by Gasteiger charge is -2.12. The van der Waals surface area contributed by atoms with Crippen LogP contribution in [-0.2, 0) is 13.1 Å². The van der Waals surface area contributed by atoms with Crippen LogP contribution in [0.3, 0.4) is 0 Å². The van der Waals surface area contributed by atoms with Crippen LogP contribution in [0.4, 0.5) is 0 Å². The van der Waals surface area contributed by atoms with Crippen molar-refractivity contribution >= 4 is 0 Å². The molecule has 6 nitrogen and oxygen atoms in total. The minimum Gasteiger partial charge on any atom is -0.396 e. The van der Waals surface area contributed by atoms with Gasteiger partial charge in [-0.1, -0.05) is 6.92 Å². The molecule has 0 spiro atoms. The second-order valence-electron chi connectivity index (χ2n) is 4.17. The average Bonchev–Trinajstić information content (AvgIpc) is 2.32. The largest absolute Gasteiger partial charge is 0.396 e. The van der Waals surface area contributed by atoms with E-state index in [1.165, 1.54) is 21.4 Å². The van der Waals surface area contributed by atoms with Crippen LogP contribution in [-0.4, -0.2) is 27.4 Å². The van der Waals surface area contributed by atoms with E-state index in [9.17, 15) is 9.59 Å². The Morgan fingerprint density at radius 2 is 2.18 bits per heavy atom. The van der Waals surface area contributed by atoms with Crippen molar-refractivity contribution in [2.45, 2.75) is 26.4 Å². The van der Waals surface area contributed by atoms with Gasteiger partial charge in [0.15, 0.2) is 0 Å². The molecular weight excluding hydrogens is 222 g/mol. The van der Waals surface area contributed by atoms with E-state index in [1.807, 2.05) is 6.92 Å². The Morgan fingerprint density at radius 1 is 1.47 bits per heavy atom. The highest BCUT2D eigenvalue weighted by atomic mass is 16.3. The fraction of sp³-hybridized carbons (Fsp3) is 0.636. The third-order valence-electron chi connectivity index (χ3n) is 2.55. The number of aliphatic hydroxyl groups excluding tert-OH is 1. The zero-order valence-electron chi connectivity index (χ0n) is 10.0. The third kappa shape index (κ3) is 3.54. The number of aliphatic hydroxyl groups is 1. The topological polar surface area (TPSA) is 90.2 Å². The zero-order chi connectivity index (χ0) is 12.8. The number of nitrogens with two attached hydrogens (primary N) is 1. The van der Waals surface area contributed by atoms with E-state index in [0.717, 1.165) is 0 Å². The molecular formula is C11H19N3O3. The molecule has 0 aliphatic rings. The molecule has 0 aliphatic heterocycles. The Kier molecular flexibility index (Phi) is 5.11. The molecule has 3 N–H and O–H groups in total. The van der Waals surface area contributed by atoms with E-state index in [2.05, 4.69) is 0 Å². The van der Waals surface area contributed by atoms with Gasteiger partial charge in [-0.2, -0.15) is 0 Å². The lowest BCUT2D eigenvalue weighted by molar-refractivity contribution is 0.220. The molecule has 0 amide bonds. The van der Waals surface area contributed by atoms with Gasteiger partial charge in [0.2, 0.25) is 0 Å². The van der Waals surface area contributed by atoms with Crippen LogP contribution in [0.2, 0.25) is 0 Å². The second-order valence-corrected chi connectivity index (χ2v) is 4.17. The first-order chi connectivity index (χ1) is 8.10. The zero-order valence-corrected chi connectivity index (χ0v) is 10.0. The van der Waals surface area contributed by atoms with Crippen molar-refractivity contribution < 1.29 is 5.11 Å². The first-order valence-corrected chi connectivity index (χ1v) is 5.71. The van der Waals surface area contributed by atoms with E-state index in [1.54, 1.807) is 0 Å². The van der Waals surface area contributed by atoms with Gasteiger partial charge in [-0.25, -0.2) is 4.79 Å². The van der Waals surface area contributed by atoms with Crippen LogP contribution in [0.1, 0.15) is 13.3 Å². The van der Waals surface area contributed by atoms with Crippen LogP contribution in [0, 0.1) is 5.92 Å². The van der Waals surface area contributed by atoms with Gasteiger partial charge in [-0.3, -0.25) is 9.36 Å². The summed E-state index contributed by atoms with van der Waals surface area (Å²) in [5.74, 6) is -0.0202. The number of rotatable bonds is 6. The lowest BCUT2D eigenvalue weighted by atomic mass is 10.2. The molecule has 96 valence electrons. The summed E-state index contributed by atoms with van der Waals surface area (Å²) < 4.78 is 2.62. The average molecular weight is 241 g/mol. The third-order valence-corrected chi connectivity index (χ3v) is 2.55. The summed E-state index contributed by atoms with van der Waals surface area (Å²) in [7, 11) is 0. The van der Waals surface area contributed by atoms with Gasteiger partial charge in [0.1, 0.15) is 0 Å². The summed E-state index contributed by atoms with van der Waals surface area (Å²) in [6.45, 7) is 3.02. The Morgan fingerprint density at radius 3 is 2.76 bits per heavy atom. The maximum Gasteiger partial charge on any atom is 0.330 e. The van der Waals surface area contributed by atoms with E-state index in [0.29, 0.717) is 26.1 Å². The quantitative estimate of drug-likeness (QED) is 0.667. The predicted molar refractivity (Wildman–Crippen MR) is 64.9 cm³/mol. The number of hydrogen-bond acceptors (Lipinski definition) is 4. The normalized spacial score (nSPS) is 12.6. The van der Waals surface area contributed by atoms with E-state index < -0.39 is 0 Å². The Bertz CT molecular complexity index is 464. The van der Waals surface area contributed by atoms with Crippen molar-refractivity contribution in [2.24, 2.45) is 11.7 Å². The van der Waals surface area contributed by atoms with Crippen LogP contribution < -0.4 is 17.0 Å². The van der Waals surface area contributed by atoms with Gasteiger partial charge < -0.3 is 15.4 Å². The van der Waals surface area contributed by atoms with Crippen molar-refractivity contribution in [1.29, 1.82) is 0 Å². The maximum atomic E-state index is 12.0. The van der Waals surface area contributed by atoms with Crippen LogP contribution >= 0.6 is 0 Å². The van der Waals surface area contributed by atoms with Gasteiger partial charge >= 0.3 is 5.69 Å². The highest BCUT2D eigenvalue weighted by molar-refractivity contribution is 4.86. The fourth-order valence-electron chi connectivity index (χ4n) is 1.54. The molecule has 0 radical (unpaired) electrons. The van der Waals surface area contributed by atoms with Crippen molar-refractivity contribution in [3.63, 3.8) is 0 Å². The highest BCUT2D eigenvalue weighted by Gasteiger charge is 2.07. The van der Waals surface area contributed by atoms with Crippen LogP contribution in [0.15, 0.2) is 21.9 Å². The van der Waals surface area contributed by atoms with Gasteiger partial charge in [-0.05, 0) is 18.9 Å². The molecule has 0 aromatic carbocycles.